The molecular weight excluding hydrogens is 296 g/mol. The molecule has 0 radical (unpaired) electrons. The molecule has 0 spiro atoms. The molecule has 1 aromatic rings. The van der Waals surface area contributed by atoms with E-state index >= 15 is 0 Å². The number of aromatic nitrogens is 1. The predicted octanol–water partition coefficient (Wildman–Crippen LogP) is 1.85. The third kappa shape index (κ3) is 3.73. The Bertz CT molecular complexity index is 490. The topological polar surface area (TPSA) is 59.5 Å². The van der Waals surface area contributed by atoms with E-state index in [2.05, 4.69) is 4.98 Å². The number of thiazole rings is 1. The lowest BCUT2D eigenvalue weighted by atomic mass is 10.2. The number of aryl methyl sites for hydroxylation is 1. The standard InChI is InChI=1S/C13H18N2O3S2/c1-9-14-10(7-20-9)6-19-8-12(16)15-5-3-4-11(15)13(17)18-2/h7,11H,3-6,8H2,1-2H3. The minimum atomic E-state index is -0.394. The van der Waals surface area contributed by atoms with Gasteiger partial charge in [0.2, 0.25) is 5.91 Å². The lowest BCUT2D eigenvalue weighted by Gasteiger charge is -2.22. The van der Waals surface area contributed by atoms with Crippen LogP contribution in [0.15, 0.2) is 5.38 Å². The van der Waals surface area contributed by atoms with Crippen LogP contribution in [0, 0.1) is 6.92 Å². The van der Waals surface area contributed by atoms with Crippen molar-refractivity contribution in [2.75, 3.05) is 19.4 Å². The van der Waals surface area contributed by atoms with Crippen LogP contribution in [0.1, 0.15) is 23.5 Å². The predicted molar refractivity (Wildman–Crippen MR) is 79.8 cm³/mol. The minimum absolute atomic E-state index is 0.00912. The summed E-state index contributed by atoms with van der Waals surface area (Å²) < 4.78 is 4.74. The largest absolute Gasteiger partial charge is 0.467 e. The third-order valence-corrected chi connectivity index (χ3v) is 4.96. The van der Waals surface area contributed by atoms with Gasteiger partial charge in [-0.05, 0) is 19.8 Å². The van der Waals surface area contributed by atoms with E-state index < -0.39 is 6.04 Å². The highest BCUT2D eigenvalue weighted by Crippen LogP contribution is 2.21. The fourth-order valence-corrected chi connectivity index (χ4v) is 3.76. The van der Waals surface area contributed by atoms with Crippen LogP contribution in [0.25, 0.3) is 0 Å². The molecule has 1 aromatic heterocycles. The van der Waals surface area contributed by atoms with Gasteiger partial charge in [0.1, 0.15) is 6.04 Å². The maximum atomic E-state index is 12.2. The number of esters is 1. The number of methoxy groups -OCH3 is 1. The second kappa shape index (κ2) is 7.08. The molecule has 0 aliphatic carbocycles. The molecule has 20 heavy (non-hydrogen) atoms. The number of likely N-dealkylation sites (tertiary alicyclic amines) is 1. The molecule has 0 aromatic carbocycles. The summed E-state index contributed by atoms with van der Waals surface area (Å²) in [6.07, 6.45) is 1.57. The van der Waals surface area contributed by atoms with Gasteiger partial charge in [0.05, 0.1) is 23.6 Å². The van der Waals surface area contributed by atoms with E-state index in [1.165, 1.54) is 18.9 Å². The van der Waals surface area contributed by atoms with E-state index in [-0.39, 0.29) is 11.9 Å². The molecule has 1 amide bonds. The minimum Gasteiger partial charge on any atom is -0.467 e. The molecule has 1 unspecified atom stereocenters. The summed E-state index contributed by atoms with van der Waals surface area (Å²) in [6.45, 7) is 2.62. The maximum Gasteiger partial charge on any atom is 0.328 e. The van der Waals surface area contributed by atoms with Crippen molar-refractivity contribution in [2.24, 2.45) is 0 Å². The highest BCUT2D eigenvalue weighted by atomic mass is 32.2. The van der Waals surface area contributed by atoms with Gasteiger partial charge < -0.3 is 9.64 Å². The number of thioether (sulfide) groups is 1. The Labute approximate surface area is 126 Å². The van der Waals surface area contributed by atoms with Crippen LogP contribution in [0.5, 0.6) is 0 Å². The summed E-state index contributed by atoms with van der Waals surface area (Å²) in [6, 6.07) is -0.394. The fraction of sp³-hybridized carbons (Fsp3) is 0.615. The highest BCUT2D eigenvalue weighted by molar-refractivity contribution is 7.99. The SMILES string of the molecule is COC(=O)C1CCCN1C(=O)CSCc1csc(C)n1. The zero-order valence-corrected chi connectivity index (χ0v) is 13.3. The zero-order valence-electron chi connectivity index (χ0n) is 11.6. The summed E-state index contributed by atoms with van der Waals surface area (Å²) in [4.78, 5) is 29.8. The number of carbonyl (C=O) groups is 2. The summed E-state index contributed by atoms with van der Waals surface area (Å²) in [5, 5.41) is 3.05. The highest BCUT2D eigenvalue weighted by Gasteiger charge is 2.34. The first-order valence-electron chi connectivity index (χ1n) is 6.48. The molecule has 5 nitrogen and oxygen atoms in total. The first-order valence-corrected chi connectivity index (χ1v) is 8.51. The number of hydrogen-bond acceptors (Lipinski definition) is 6. The Morgan fingerprint density at radius 2 is 2.40 bits per heavy atom. The lowest BCUT2D eigenvalue weighted by Crippen LogP contribution is -2.42. The van der Waals surface area contributed by atoms with Crippen LogP contribution >= 0.6 is 23.1 Å². The Balaban J connectivity index is 1.80. The van der Waals surface area contributed by atoms with Gasteiger partial charge in [0.25, 0.3) is 0 Å². The van der Waals surface area contributed by atoms with Gasteiger partial charge in [0.15, 0.2) is 0 Å². The third-order valence-electron chi connectivity index (χ3n) is 3.19. The molecule has 1 atom stereocenters. The summed E-state index contributed by atoms with van der Waals surface area (Å²) >= 11 is 3.15. The average Bonchev–Trinajstić information content (AvgIpc) is 3.06. The van der Waals surface area contributed by atoms with Crippen molar-refractivity contribution in [2.45, 2.75) is 31.6 Å². The van der Waals surface area contributed by atoms with E-state index in [0.717, 1.165) is 22.9 Å². The van der Waals surface area contributed by atoms with Crippen molar-refractivity contribution in [1.82, 2.24) is 9.88 Å². The quantitative estimate of drug-likeness (QED) is 0.776. The molecule has 1 fully saturated rings. The van der Waals surface area contributed by atoms with Gasteiger partial charge in [-0.1, -0.05) is 0 Å². The first-order chi connectivity index (χ1) is 9.61. The Morgan fingerprint density at radius 1 is 1.60 bits per heavy atom. The number of amides is 1. The Kier molecular flexibility index (Phi) is 5.42. The number of nitrogens with zero attached hydrogens (tertiary/aromatic N) is 2. The molecule has 0 bridgehead atoms. The second-order valence-electron chi connectivity index (χ2n) is 4.62. The van der Waals surface area contributed by atoms with Crippen LogP contribution in [-0.4, -0.2) is 47.2 Å². The van der Waals surface area contributed by atoms with Crippen molar-refractivity contribution >= 4 is 35.0 Å². The molecule has 0 saturated carbocycles. The summed E-state index contributed by atoms with van der Waals surface area (Å²) in [5.74, 6) is 0.808. The van der Waals surface area contributed by atoms with Gasteiger partial charge in [-0.3, -0.25) is 4.79 Å². The molecule has 1 saturated heterocycles. The maximum absolute atomic E-state index is 12.2. The number of carbonyl (C=O) groups excluding carboxylic acids is 2. The monoisotopic (exact) mass is 314 g/mol. The molecule has 0 N–H and O–H groups in total. The average molecular weight is 314 g/mol. The molecule has 2 heterocycles. The molecule has 110 valence electrons. The van der Waals surface area contributed by atoms with Crippen LogP contribution in [0.4, 0.5) is 0 Å². The molecule has 7 heteroatoms. The zero-order chi connectivity index (χ0) is 14.5. The van der Waals surface area contributed by atoms with Crippen LogP contribution in [0.3, 0.4) is 0 Å². The van der Waals surface area contributed by atoms with E-state index in [9.17, 15) is 9.59 Å². The number of rotatable bonds is 5. The van der Waals surface area contributed by atoms with Gasteiger partial charge in [-0.25, -0.2) is 9.78 Å². The number of ether oxygens (including phenoxy) is 1. The molecule has 1 aliphatic rings. The molecule has 2 rings (SSSR count). The van der Waals surface area contributed by atoms with Crippen molar-refractivity contribution in [3.63, 3.8) is 0 Å². The Hall–Kier alpha value is -1.08. The van der Waals surface area contributed by atoms with Crippen molar-refractivity contribution in [3.05, 3.63) is 16.1 Å². The second-order valence-corrected chi connectivity index (χ2v) is 6.67. The van der Waals surface area contributed by atoms with Gasteiger partial charge >= 0.3 is 5.97 Å². The molecule has 1 aliphatic heterocycles. The Morgan fingerprint density at radius 3 is 3.05 bits per heavy atom. The van der Waals surface area contributed by atoms with Gasteiger partial charge in [0, 0.05) is 17.7 Å². The van der Waals surface area contributed by atoms with E-state index in [1.54, 1.807) is 16.2 Å². The van der Waals surface area contributed by atoms with Crippen molar-refractivity contribution in [1.29, 1.82) is 0 Å². The fourth-order valence-electron chi connectivity index (χ4n) is 2.25. The van der Waals surface area contributed by atoms with E-state index in [4.69, 9.17) is 4.74 Å². The number of hydrogen-bond donors (Lipinski definition) is 0. The summed E-state index contributed by atoms with van der Waals surface area (Å²) in [5.41, 5.74) is 1.01. The van der Waals surface area contributed by atoms with E-state index in [0.29, 0.717) is 18.7 Å². The van der Waals surface area contributed by atoms with Crippen LogP contribution in [-0.2, 0) is 20.1 Å². The van der Waals surface area contributed by atoms with Crippen molar-refractivity contribution in [3.8, 4) is 0 Å². The first kappa shape index (κ1) is 15.3. The van der Waals surface area contributed by atoms with Gasteiger partial charge in [-0.2, -0.15) is 0 Å². The van der Waals surface area contributed by atoms with Crippen molar-refractivity contribution < 1.29 is 14.3 Å². The summed E-state index contributed by atoms with van der Waals surface area (Å²) in [7, 11) is 1.36. The van der Waals surface area contributed by atoms with Crippen LogP contribution < -0.4 is 0 Å². The normalized spacial score (nSPS) is 18.3. The van der Waals surface area contributed by atoms with Crippen LogP contribution in [0.2, 0.25) is 0 Å². The van der Waals surface area contributed by atoms with E-state index in [1.807, 2.05) is 12.3 Å². The van der Waals surface area contributed by atoms with Gasteiger partial charge in [-0.15, -0.1) is 23.1 Å². The lowest BCUT2D eigenvalue weighted by molar-refractivity contribution is -0.150. The molecular formula is C13H18N2O3S2. The smallest absolute Gasteiger partial charge is 0.328 e.